The molecule has 1 N–H and O–H groups in total. The van der Waals surface area contributed by atoms with Gasteiger partial charge in [-0.25, -0.2) is 0 Å². The Kier molecular flexibility index (Phi) is 5.55. The molecule has 0 aromatic heterocycles. The van der Waals surface area contributed by atoms with E-state index >= 15 is 0 Å². The summed E-state index contributed by atoms with van der Waals surface area (Å²) in [6.07, 6.45) is 0.346. The minimum atomic E-state index is -0.548. The van der Waals surface area contributed by atoms with Crippen LogP contribution in [0.15, 0.2) is 18.2 Å². The third-order valence-corrected chi connectivity index (χ3v) is 2.80. The van der Waals surface area contributed by atoms with E-state index in [0.29, 0.717) is 17.9 Å². The van der Waals surface area contributed by atoms with Crippen LogP contribution >= 0.6 is 0 Å². The predicted molar refractivity (Wildman–Crippen MR) is 74.6 cm³/mol. The summed E-state index contributed by atoms with van der Waals surface area (Å²) < 4.78 is 5.62. The van der Waals surface area contributed by atoms with Gasteiger partial charge in [-0.1, -0.05) is 6.92 Å². The van der Waals surface area contributed by atoms with E-state index in [2.05, 4.69) is 5.32 Å². The third kappa shape index (κ3) is 4.39. The van der Waals surface area contributed by atoms with Crippen molar-refractivity contribution in [2.45, 2.75) is 40.2 Å². The van der Waals surface area contributed by atoms with Gasteiger partial charge in [0.25, 0.3) is 5.91 Å². The van der Waals surface area contributed by atoms with E-state index < -0.39 is 6.10 Å². The zero-order valence-corrected chi connectivity index (χ0v) is 11.9. The van der Waals surface area contributed by atoms with Crippen LogP contribution in [-0.2, 0) is 4.79 Å². The normalized spacial score (nSPS) is 11.8. The second-order valence-electron chi connectivity index (χ2n) is 4.59. The number of amides is 1. The minimum absolute atomic E-state index is 0.0170. The van der Waals surface area contributed by atoms with Gasteiger partial charge in [-0.3, -0.25) is 9.59 Å². The van der Waals surface area contributed by atoms with E-state index in [1.165, 1.54) is 6.92 Å². The molecule has 0 aliphatic heterocycles. The lowest BCUT2D eigenvalue weighted by atomic mass is 10.1. The Hall–Kier alpha value is -1.84. The molecule has 104 valence electrons. The first kappa shape index (κ1) is 15.2. The number of benzene rings is 1. The van der Waals surface area contributed by atoms with Gasteiger partial charge in [0.2, 0.25) is 0 Å². The van der Waals surface area contributed by atoms with Crippen LogP contribution in [0.2, 0.25) is 0 Å². The fourth-order valence-corrected chi connectivity index (χ4v) is 1.64. The van der Waals surface area contributed by atoms with Crippen molar-refractivity contribution in [3.63, 3.8) is 0 Å². The first-order valence-corrected chi connectivity index (χ1v) is 6.51. The van der Waals surface area contributed by atoms with E-state index in [0.717, 1.165) is 12.0 Å². The second-order valence-corrected chi connectivity index (χ2v) is 4.59. The number of carbonyl (C=O) groups excluding carboxylic acids is 2. The van der Waals surface area contributed by atoms with Crippen molar-refractivity contribution in [1.82, 2.24) is 5.32 Å². The summed E-state index contributed by atoms with van der Waals surface area (Å²) in [5.74, 6) is 0.518. The van der Waals surface area contributed by atoms with Crippen LogP contribution in [-0.4, -0.2) is 24.3 Å². The number of rotatable bonds is 6. The zero-order valence-electron chi connectivity index (χ0n) is 11.9. The lowest BCUT2D eigenvalue weighted by molar-refractivity contribution is -0.127. The highest BCUT2D eigenvalue weighted by Gasteiger charge is 2.15. The van der Waals surface area contributed by atoms with Crippen molar-refractivity contribution in [2.75, 3.05) is 6.54 Å². The Morgan fingerprint density at radius 3 is 2.58 bits per heavy atom. The molecule has 0 bridgehead atoms. The van der Waals surface area contributed by atoms with E-state index in [1.54, 1.807) is 25.1 Å². The van der Waals surface area contributed by atoms with Gasteiger partial charge in [0.15, 0.2) is 11.9 Å². The van der Waals surface area contributed by atoms with E-state index in [4.69, 9.17) is 4.74 Å². The summed E-state index contributed by atoms with van der Waals surface area (Å²) in [5.41, 5.74) is 1.50. The number of carbonyl (C=O) groups is 2. The average molecular weight is 263 g/mol. The van der Waals surface area contributed by atoms with Crippen LogP contribution in [0, 0.1) is 6.92 Å². The molecule has 1 aromatic carbocycles. The first-order valence-electron chi connectivity index (χ1n) is 6.51. The average Bonchev–Trinajstić information content (AvgIpc) is 2.37. The number of nitrogens with one attached hydrogen (secondary N) is 1. The summed E-state index contributed by atoms with van der Waals surface area (Å²) >= 11 is 0. The standard InChI is InChI=1S/C15H21NO3/c1-5-8-16-15(18)12(4)19-14-7-6-13(11(3)17)9-10(14)2/h6-7,9,12H,5,8H2,1-4H3,(H,16,18). The van der Waals surface area contributed by atoms with Gasteiger partial charge in [-0.2, -0.15) is 0 Å². The maximum absolute atomic E-state index is 11.7. The summed E-state index contributed by atoms with van der Waals surface area (Å²) in [6.45, 7) is 7.74. The molecule has 0 saturated carbocycles. The molecule has 0 saturated heterocycles. The molecule has 0 aliphatic rings. The minimum Gasteiger partial charge on any atom is -0.481 e. The summed E-state index contributed by atoms with van der Waals surface area (Å²) in [6, 6.07) is 5.21. The Bertz CT molecular complexity index is 468. The smallest absolute Gasteiger partial charge is 0.260 e. The molecular formula is C15H21NO3. The third-order valence-electron chi connectivity index (χ3n) is 2.80. The molecule has 1 atom stereocenters. The molecule has 4 heteroatoms. The molecule has 0 aliphatic carbocycles. The number of ether oxygens (including phenoxy) is 1. The fraction of sp³-hybridized carbons (Fsp3) is 0.467. The number of ketones is 1. The van der Waals surface area contributed by atoms with Crippen molar-refractivity contribution in [2.24, 2.45) is 0 Å². The molecule has 1 unspecified atom stereocenters. The molecule has 0 spiro atoms. The molecule has 0 heterocycles. The van der Waals surface area contributed by atoms with Gasteiger partial charge in [-0.05, 0) is 51.0 Å². The van der Waals surface area contributed by atoms with Crippen LogP contribution in [0.4, 0.5) is 0 Å². The van der Waals surface area contributed by atoms with Crippen molar-refractivity contribution in [3.05, 3.63) is 29.3 Å². The van der Waals surface area contributed by atoms with E-state index in [1.807, 2.05) is 13.8 Å². The van der Waals surface area contributed by atoms with Crippen LogP contribution in [0.5, 0.6) is 5.75 Å². The highest BCUT2D eigenvalue weighted by Crippen LogP contribution is 2.20. The highest BCUT2D eigenvalue weighted by atomic mass is 16.5. The second kappa shape index (κ2) is 6.92. The number of aryl methyl sites for hydroxylation is 1. The van der Waals surface area contributed by atoms with Crippen LogP contribution in [0.3, 0.4) is 0 Å². The van der Waals surface area contributed by atoms with Crippen LogP contribution < -0.4 is 10.1 Å². The first-order chi connectivity index (χ1) is 8.95. The number of hydrogen-bond donors (Lipinski definition) is 1. The van der Waals surface area contributed by atoms with Gasteiger partial charge >= 0.3 is 0 Å². The summed E-state index contributed by atoms with van der Waals surface area (Å²) in [5, 5.41) is 2.78. The SMILES string of the molecule is CCCNC(=O)C(C)Oc1ccc(C(C)=O)cc1C. The topological polar surface area (TPSA) is 55.4 Å². The van der Waals surface area contributed by atoms with Gasteiger partial charge < -0.3 is 10.1 Å². The maximum Gasteiger partial charge on any atom is 0.260 e. The zero-order chi connectivity index (χ0) is 14.4. The largest absolute Gasteiger partial charge is 0.481 e. The molecule has 4 nitrogen and oxygen atoms in total. The Morgan fingerprint density at radius 1 is 1.37 bits per heavy atom. The Morgan fingerprint density at radius 2 is 2.05 bits per heavy atom. The van der Waals surface area contributed by atoms with Gasteiger partial charge in [-0.15, -0.1) is 0 Å². The fourth-order valence-electron chi connectivity index (χ4n) is 1.64. The molecular weight excluding hydrogens is 242 g/mol. The maximum atomic E-state index is 11.7. The molecule has 0 radical (unpaired) electrons. The predicted octanol–water partition coefficient (Wildman–Crippen LogP) is 2.49. The van der Waals surface area contributed by atoms with Crippen LogP contribution in [0.25, 0.3) is 0 Å². The number of hydrogen-bond acceptors (Lipinski definition) is 3. The number of Topliss-reactive ketones (excluding diaryl/α,β-unsaturated/α-hetero) is 1. The molecule has 0 fully saturated rings. The van der Waals surface area contributed by atoms with E-state index in [9.17, 15) is 9.59 Å². The lowest BCUT2D eigenvalue weighted by Gasteiger charge is -2.16. The van der Waals surface area contributed by atoms with Crippen LogP contribution in [0.1, 0.15) is 43.1 Å². The molecule has 1 amide bonds. The van der Waals surface area contributed by atoms with Crippen molar-refractivity contribution < 1.29 is 14.3 Å². The summed E-state index contributed by atoms with van der Waals surface area (Å²) in [7, 11) is 0. The Balaban J connectivity index is 2.71. The van der Waals surface area contributed by atoms with Gasteiger partial charge in [0.05, 0.1) is 0 Å². The van der Waals surface area contributed by atoms with Crippen molar-refractivity contribution in [1.29, 1.82) is 0 Å². The lowest BCUT2D eigenvalue weighted by Crippen LogP contribution is -2.36. The molecule has 1 aromatic rings. The quantitative estimate of drug-likeness (QED) is 0.802. The van der Waals surface area contributed by atoms with Gasteiger partial charge in [0, 0.05) is 12.1 Å². The highest BCUT2D eigenvalue weighted by molar-refractivity contribution is 5.94. The van der Waals surface area contributed by atoms with Crippen molar-refractivity contribution in [3.8, 4) is 5.75 Å². The van der Waals surface area contributed by atoms with Crippen molar-refractivity contribution >= 4 is 11.7 Å². The molecule has 1 rings (SSSR count). The Labute approximate surface area is 114 Å². The summed E-state index contributed by atoms with van der Waals surface area (Å²) in [4.78, 5) is 23.0. The van der Waals surface area contributed by atoms with Gasteiger partial charge in [0.1, 0.15) is 5.75 Å². The monoisotopic (exact) mass is 263 g/mol. The molecule has 19 heavy (non-hydrogen) atoms. The van der Waals surface area contributed by atoms with E-state index in [-0.39, 0.29) is 11.7 Å².